The van der Waals surface area contributed by atoms with Crippen molar-refractivity contribution in [2.45, 2.75) is 31.1 Å². The Hall–Kier alpha value is -0.960. The summed E-state index contributed by atoms with van der Waals surface area (Å²) in [6.07, 6.45) is 2.04. The van der Waals surface area contributed by atoms with Gasteiger partial charge in [0.2, 0.25) is 15.9 Å². The van der Waals surface area contributed by atoms with Crippen molar-refractivity contribution in [3.8, 4) is 0 Å². The van der Waals surface area contributed by atoms with Gasteiger partial charge in [-0.1, -0.05) is 6.92 Å². The van der Waals surface area contributed by atoms with Gasteiger partial charge in [-0.3, -0.25) is 4.79 Å². The number of carbonyl (C=O) groups is 1. The summed E-state index contributed by atoms with van der Waals surface area (Å²) in [6, 6.07) is 4.22. The molecule has 1 unspecified atom stereocenters. The molecule has 0 aliphatic carbocycles. The smallest absolute Gasteiger partial charge is 0.238 e. The normalized spacial score (nSPS) is 13.0. The van der Waals surface area contributed by atoms with Crippen molar-refractivity contribution in [3.63, 3.8) is 0 Å². The predicted molar refractivity (Wildman–Crippen MR) is 86.2 cm³/mol. The average molecular weight is 378 g/mol. The van der Waals surface area contributed by atoms with Gasteiger partial charge < -0.3 is 11.1 Å². The van der Waals surface area contributed by atoms with E-state index in [2.05, 4.69) is 28.2 Å². The van der Waals surface area contributed by atoms with Crippen LogP contribution in [0.25, 0.3) is 0 Å². The summed E-state index contributed by atoms with van der Waals surface area (Å²) >= 11 is 3.22. The van der Waals surface area contributed by atoms with Gasteiger partial charge in [-0.05, 0) is 59.4 Å². The Kier molecular flexibility index (Phi) is 6.79. The van der Waals surface area contributed by atoms with E-state index in [1.54, 1.807) is 0 Å². The van der Waals surface area contributed by atoms with Gasteiger partial charge in [-0.15, -0.1) is 0 Å². The number of anilines is 1. The van der Waals surface area contributed by atoms with Crippen LogP contribution in [0.4, 0.5) is 5.69 Å². The maximum Gasteiger partial charge on any atom is 0.238 e. The molecule has 1 amide bonds. The fourth-order valence-electron chi connectivity index (χ4n) is 1.79. The van der Waals surface area contributed by atoms with Gasteiger partial charge in [0.1, 0.15) is 0 Å². The number of carbonyl (C=O) groups excluding carboxylic acids is 1. The third-order valence-electron chi connectivity index (χ3n) is 3.07. The maximum absolute atomic E-state index is 11.8. The Bertz CT molecular complexity index is 605. The zero-order valence-electron chi connectivity index (χ0n) is 11.8. The Morgan fingerprint density at radius 1 is 1.38 bits per heavy atom. The van der Waals surface area contributed by atoms with Crippen molar-refractivity contribution >= 4 is 37.5 Å². The van der Waals surface area contributed by atoms with Crippen LogP contribution in [-0.4, -0.2) is 20.9 Å². The van der Waals surface area contributed by atoms with Crippen LogP contribution in [0.2, 0.25) is 0 Å². The SMILES string of the molecule is CC(CCN)CCC(=O)Nc1ccc(S(N)(=O)=O)cc1Br. The minimum Gasteiger partial charge on any atom is -0.330 e. The first kappa shape index (κ1) is 18.1. The Morgan fingerprint density at radius 3 is 2.57 bits per heavy atom. The summed E-state index contributed by atoms with van der Waals surface area (Å²) in [5.41, 5.74) is 5.98. The predicted octanol–water partition coefficient (Wildman–Crippen LogP) is 1.80. The molecule has 0 saturated heterocycles. The first-order valence-corrected chi connectivity index (χ1v) is 8.90. The molecule has 6 nitrogen and oxygen atoms in total. The summed E-state index contributed by atoms with van der Waals surface area (Å²) in [5, 5.41) is 7.77. The highest BCUT2D eigenvalue weighted by atomic mass is 79.9. The van der Waals surface area contributed by atoms with Crippen LogP contribution in [0.15, 0.2) is 27.6 Å². The third-order valence-corrected chi connectivity index (χ3v) is 4.63. The van der Waals surface area contributed by atoms with Gasteiger partial charge in [0, 0.05) is 10.9 Å². The van der Waals surface area contributed by atoms with Crippen LogP contribution in [0.3, 0.4) is 0 Å². The zero-order valence-corrected chi connectivity index (χ0v) is 14.2. The molecule has 1 rings (SSSR count). The summed E-state index contributed by atoms with van der Waals surface area (Å²) < 4.78 is 22.9. The number of nitrogens with one attached hydrogen (secondary N) is 1. The zero-order chi connectivity index (χ0) is 16.0. The van der Waals surface area contributed by atoms with Crippen molar-refractivity contribution in [1.29, 1.82) is 0 Å². The van der Waals surface area contributed by atoms with Crippen molar-refractivity contribution in [2.24, 2.45) is 16.8 Å². The van der Waals surface area contributed by atoms with Gasteiger partial charge in [0.05, 0.1) is 10.6 Å². The number of hydrogen-bond acceptors (Lipinski definition) is 4. The van der Waals surface area contributed by atoms with E-state index in [0.717, 1.165) is 12.8 Å². The lowest BCUT2D eigenvalue weighted by molar-refractivity contribution is -0.116. The van der Waals surface area contributed by atoms with Crippen molar-refractivity contribution in [3.05, 3.63) is 22.7 Å². The molecule has 0 aliphatic rings. The van der Waals surface area contributed by atoms with Gasteiger partial charge in [0.15, 0.2) is 0 Å². The van der Waals surface area contributed by atoms with E-state index < -0.39 is 10.0 Å². The first-order chi connectivity index (χ1) is 9.74. The standard InChI is InChI=1S/C13H20BrN3O3S/c1-9(6-7-15)2-5-13(18)17-12-4-3-10(8-11(12)14)21(16,19)20/h3-4,8-9H,2,5-7,15H2,1H3,(H,17,18)(H2,16,19,20). The first-order valence-electron chi connectivity index (χ1n) is 6.56. The molecule has 1 atom stereocenters. The molecule has 8 heteroatoms. The molecule has 0 aromatic heterocycles. The molecular formula is C13H20BrN3O3S. The number of hydrogen-bond donors (Lipinski definition) is 3. The second kappa shape index (κ2) is 7.88. The van der Waals surface area contributed by atoms with E-state index in [4.69, 9.17) is 10.9 Å². The average Bonchev–Trinajstić information content (AvgIpc) is 2.38. The maximum atomic E-state index is 11.8. The van der Waals surface area contributed by atoms with E-state index in [9.17, 15) is 13.2 Å². The number of sulfonamides is 1. The summed E-state index contributed by atoms with van der Waals surface area (Å²) in [6.45, 7) is 2.67. The molecule has 0 aliphatic heterocycles. The van der Waals surface area contributed by atoms with E-state index in [-0.39, 0.29) is 10.8 Å². The lowest BCUT2D eigenvalue weighted by Crippen LogP contribution is -2.15. The highest BCUT2D eigenvalue weighted by Gasteiger charge is 2.12. The van der Waals surface area contributed by atoms with Crippen molar-refractivity contribution in [2.75, 3.05) is 11.9 Å². The van der Waals surface area contributed by atoms with E-state index in [0.29, 0.717) is 29.0 Å². The largest absolute Gasteiger partial charge is 0.330 e. The molecule has 0 spiro atoms. The number of primary sulfonamides is 1. The van der Waals surface area contributed by atoms with Crippen LogP contribution >= 0.6 is 15.9 Å². The van der Waals surface area contributed by atoms with E-state index in [1.165, 1.54) is 18.2 Å². The van der Waals surface area contributed by atoms with Crippen LogP contribution in [0.5, 0.6) is 0 Å². The van der Waals surface area contributed by atoms with Crippen LogP contribution in [0, 0.1) is 5.92 Å². The van der Waals surface area contributed by atoms with Crippen LogP contribution in [-0.2, 0) is 14.8 Å². The van der Waals surface area contributed by atoms with Gasteiger partial charge in [-0.25, -0.2) is 13.6 Å². The number of nitrogens with two attached hydrogens (primary N) is 2. The highest BCUT2D eigenvalue weighted by Crippen LogP contribution is 2.25. The Morgan fingerprint density at radius 2 is 2.05 bits per heavy atom. The third kappa shape index (κ3) is 6.13. The summed E-state index contributed by atoms with van der Waals surface area (Å²) in [5.74, 6) is 0.275. The molecule has 0 radical (unpaired) electrons. The molecule has 5 N–H and O–H groups in total. The molecular weight excluding hydrogens is 358 g/mol. The fraction of sp³-hybridized carbons (Fsp3) is 0.462. The second-order valence-electron chi connectivity index (χ2n) is 4.96. The lowest BCUT2D eigenvalue weighted by Gasteiger charge is -2.11. The number of halogens is 1. The molecule has 1 aromatic carbocycles. The molecule has 0 bridgehead atoms. The second-order valence-corrected chi connectivity index (χ2v) is 7.37. The highest BCUT2D eigenvalue weighted by molar-refractivity contribution is 9.10. The lowest BCUT2D eigenvalue weighted by atomic mass is 10.0. The van der Waals surface area contributed by atoms with Crippen LogP contribution in [0.1, 0.15) is 26.2 Å². The quantitative estimate of drug-likeness (QED) is 0.671. The monoisotopic (exact) mass is 377 g/mol. The molecule has 118 valence electrons. The molecule has 1 aromatic rings. The Labute approximate surface area is 133 Å². The van der Waals surface area contributed by atoms with Crippen molar-refractivity contribution in [1.82, 2.24) is 0 Å². The van der Waals surface area contributed by atoms with Gasteiger partial charge in [0.25, 0.3) is 0 Å². The van der Waals surface area contributed by atoms with Gasteiger partial charge >= 0.3 is 0 Å². The topological polar surface area (TPSA) is 115 Å². The minimum atomic E-state index is -3.75. The Balaban J connectivity index is 2.65. The molecule has 0 fully saturated rings. The molecule has 0 heterocycles. The van der Waals surface area contributed by atoms with Gasteiger partial charge in [-0.2, -0.15) is 0 Å². The van der Waals surface area contributed by atoms with E-state index >= 15 is 0 Å². The molecule has 0 saturated carbocycles. The summed E-state index contributed by atoms with van der Waals surface area (Å²) in [4.78, 5) is 11.8. The summed E-state index contributed by atoms with van der Waals surface area (Å²) in [7, 11) is -3.75. The fourth-order valence-corrected chi connectivity index (χ4v) is 2.96. The number of amides is 1. The van der Waals surface area contributed by atoms with E-state index in [1.807, 2.05) is 0 Å². The number of benzene rings is 1. The molecule has 21 heavy (non-hydrogen) atoms. The van der Waals surface area contributed by atoms with Crippen LogP contribution < -0.4 is 16.2 Å². The number of rotatable bonds is 7. The minimum absolute atomic E-state index is 0.0102. The van der Waals surface area contributed by atoms with Crippen molar-refractivity contribution < 1.29 is 13.2 Å².